The van der Waals surface area contributed by atoms with E-state index in [2.05, 4.69) is 24.1 Å². The van der Waals surface area contributed by atoms with Crippen molar-refractivity contribution in [1.82, 2.24) is 10.3 Å². The number of carbonyl (C=O) groups excluding carboxylic acids is 1. The number of nitrogens with zero attached hydrogens (tertiary/aromatic N) is 1. The highest BCUT2D eigenvalue weighted by molar-refractivity contribution is 7.09. The molecule has 1 heterocycles. The topological polar surface area (TPSA) is 62.2 Å². The van der Waals surface area contributed by atoms with Gasteiger partial charge in [0.2, 0.25) is 5.91 Å². The molecule has 0 radical (unpaired) electrons. The van der Waals surface area contributed by atoms with Gasteiger partial charge in [0, 0.05) is 17.8 Å². The van der Waals surface area contributed by atoms with Gasteiger partial charge in [0.05, 0.1) is 23.2 Å². The van der Waals surface area contributed by atoms with E-state index in [-0.39, 0.29) is 18.2 Å². The zero-order valence-corrected chi connectivity index (χ0v) is 12.3. The van der Waals surface area contributed by atoms with Crippen LogP contribution in [0.25, 0.3) is 0 Å². The number of carbonyl (C=O) groups is 1. The second kappa shape index (κ2) is 6.85. The Morgan fingerprint density at radius 2 is 2.11 bits per heavy atom. The van der Waals surface area contributed by atoms with Crippen LogP contribution in [0.1, 0.15) is 44.3 Å². The van der Waals surface area contributed by atoms with E-state index >= 15 is 0 Å². The van der Waals surface area contributed by atoms with Gasteiger partial charge in [-0.25, -0.2) is 4.98 Å². The minimum Gasteiger partial charge on any atom is -0.391 e. The maximum Gasteiger partial charge on any atom is 0.226 e. The molecule has 1 atom stereocenters. The lowest BCUT2D eigenvalue weighted by Gasteiger charge is -2.14. The molecule has 0 spiro atoms. The molecule has 0 saturated heterocycles. The van der Waals surface area contributed by atoms with Crippen molar-refractivity contribution in [2.24, 2.45) is 5.92 Å². The molecule has 1 aromatic rings. The van der Waals surface area contributed by atoms with E-state index < -0.39 is 6.10 Å². The largest absolute Gasteiger partial charge is 0.391 e. The number of thiazole rings is 1. The molecular formula is C13H22N2O2S. The number of aliphatic hydroxyl groups excluding tert-OH is 1. The van der Waals surface area contributed by atoms with Gasteiger partial charge >= 0.3 is 0 Å². The van der Waals surface area contributed by atoms with E-state index in [1.54, 1.807) is 11.3 Å². The summed E-state index contributed by atoms with van der Waals surface area (Å²) in [6.07, 6.45) is -0.204. The van der Waals surface area contributed by atoms with E-state index in [1.807, 2.05) is 19.2 Å². The molecule has 0 aliphatic rings. The summed E-state index contributed by atoms with van der Waals surface area (Å²) < 4.78 is 0. The van der Waals surface area contributed by atoms with Crippen LogP contribution in [0.3, 0.4) is 0 Å². The van der Waals surface area contributed by atoms with Crippen molar-refractivity contribution in [3.05, 3.63) is 16.1 Å². The number of hydrogen-bond acceptors (Lipinski definition) is 4. The zero-order valence-electron chi connectivity index (χ0n) is 11.4. The highest BCUT2D eigenvalue weighted by Gasteiger charge is 2.12. The van der Waals surface area contributed by atoms with Crippen molar-refractivity contribution in [1.29, 1.82) is 0 Å². The van der Waals surface area contributed by atoms with Crippen LogP contribution in [0, 0.1) is 5.92 Å². The molecule has 0 saturated carbocycles. The summed E-state index contributed by atoms with van der Waals surface area (Å²) >= 11 is 1.59. The van der Waals surface area contributed by atoms with Crippen LogP contribution in [0.5, 0.6) is 0 Å². The Hall–Kier alpha value is -0.940. The van der Waals surface area contributed by atoms with Crippen molar-refractivity contribution in [2.75, 3.05) is 6.54 Å². The monoisotopic (exact) mass is 270 g/mol. The zero-order chi connectivity index (χ0) is 13.7. The fraction of sp³-hybridized carbons (Fsp3) is 0.692. The van der Waals surface area contributed by atoms with Crippen LogP contribution in [-0.2, 0) is 11.2 Å². The van der Waals surface area contributed by atoms with Gasteiger partial charge in [-0.3, -0.25) is 4.79 Å². The summed E-state index contributed by atoms with van der Waals surface area (Å²) in [5.74, 6) is 0.460. The van der Waals surface area contributed by atoms with Gasteiger partial charge in [0.25, 0.3) is 0 Å². The maximum atomic E-state index is 11.7. The molecule has 0 fully saturated rings. The van der Waals surface area contributed by atoms with Crippen molar-refractivity contribution in [3.63, 3.8) is 0 Å². The molecule has 0 aliphatic carbocycles. The number of aliphatic hydroxyl groups is 1. The number of nitrogens with one attached hydrogen (secondary N) is 1. The van der Waals surface area contributed by atoms with Gasteiger partial charge in [-0.15, -0.1) is 11.3 Å². The Kier molecular flexibility index (Phi) is 5.75. The van der Waals surface area contributed by atoms with Crippen molar-refractivity contribution >= 4 is 17.2 Å². The summed E-state index contributed by atoms with van der Waals surface area (Å²) in [6.45, 7) is 8.32. The van der Waals surface area contributed by atoms with Crippen molar-refractivity contribution in [3.8, 4) is 0 Å². The highest BCUT2D eigenvalue weighted by Crippen LogP contribution is 2.19. The van der Waals surface area contributed by atoms with Crippen LogP contribution < -0.4 is 5.32 Å². The van der Waals surface area contributed by atoms with Crippen molar-refractivity contribution in [2.45, 2.75) is 46.1 Å². The molecule has 0 bridgehead atoms. The molecule has 18 heavy (non-hydrogen) atoms. The molecule has 1 rings (SSSR count). The summed E-state index contributed by atoms with van der Waals surface area (Å²) in [6, 6.07) is 0. The van der Waals surface area contributed by atoms with Crippen molar-refractivity contribution < 1.29 is 9.90 Å². The minimum atomic E-state index is -0.490. The Bertz CT molecular complexity index is 388. The SMILES string of the molecule is CC(C)c1nc(CC(=O)NCC(O)C(C)C)cs1. The molecule has 1 aromatic heterocycles. The molecule has 1 unspecified atom stereocenters. The molecule has 0 aliphatic heterocycles. The lowest BCUT2D eigenvalue weighted by Crippen LogP contribution is -2.35. The Labute approximate surface area is 112 Å². The number of rotatable bonds is 6. The first-order valence-electron chi connectivity index (χ1n) is 6.29. The van der Waals surface area contributed by atoms with E-state index in [0.29, 0.717) is 12.5 Å². The third-order valence-electron chi connectivity index (χ3n) is 2.68. The molecule has 4 nitrogen and oxygen atoms in total. The molecule has 1 amide bonds. The first-order chi connectivity index (χ1) is 8.40. The van der Waals surface area contributed by atoms with Crippen LogP contribution in [0.2, 0.25) is 0 Å². The number of aromatic nitrogens is 1. The van der Waals surface area contributed by atoms with E-state index in [9.17, 15) is 9.90 Å². The summed E-state index contributed by atoms with van der Waals surface area (Å²) in [5.41, 5.74) is 0.806. The van der Waals surface area contributed by atoms with Gasteiger partial charge < -0.3 is 10.4 Å². The van der Waals surface area contributed by atoms with Crippen LogP contribution in [-0.4, -0.2) is 28.6 Å². The lowest BCUT2D eigenvalue weighted by atomic mass is 10.1. The maximum absolute atomic E-state index is 11.7. The van der Waals surface area contributed by atoms with Gasteiger partial charge in [-0.2, -0.15) is 0 Å². The molecule has 2 N–H and O–H groups in total. The molecular weight excluding hydrogens is 248 g/mol. The van der Waals surface area contributed by atoms with Crippen LogP contribution >= 0.6 is 11.3 Å². The predicted octanol–water partition coefficient (Wildman–Crippen LogP) is 1.94. The fourth-order valence-corrected chi connectivity index (χ4v) is 2.19. The van der Waals surface area contributed by atoms with Gasteiger partial charge in [-0.1, -0.05) is 27.7 Å². The summed E-state index contributed by atoms with van der Waals surface area (Å²) in [7, 11) is 0. The molecule has 102 valence electrons. The smallest absolute Gasteiger partial charge is 0.226 e. The number of amides is 1. The molecule has 5 heteroatoms. The number of hydrogen-bond donors (Lipinski definition) is 2. The van der Waals surface area contributed by atoms with Gasteiger partial charge in [0.15, 0.2) is 0 Å². The second-order valence-corrected chi connectivity index (χ2v) is 6.01. The van der Waals surface area contributed by atoms with Crippen LogP contribution in [0.15, 0.2) is 5.38 Å². The standard InChI is InChI=1S/C13H22N2O2S/c1-8(2)11(16)6-14-12(17)5-10-7-18-13(15-10)9(3)4/h7-9,11,16H,5-6H2,1-4H3,(H,14,17). The second-order valence-electron chi connectivity index (χ2n) is 5.12. The average Bonchev–Trinajstić information content (AvgIpc) is 2.74. The van der Waals surface area contributed by atoms with E-state index in [1.165, 1.54) is 0 Å². The minimum absolute atomic E-state index is 0.0877. The highest BCUT2D eigenvalue weighted by atomic mass is 32.1. The first kappa shape index (κ1) is 15.1. The normalized spacial score (nSPS) is 13.1. The quantitative estimate of drug-likeness (QED) is 0.830. The lowest BCUT2D eigenvalue weighted by molar-refractivity contribution is -0.121. The fourth-order valence-electron chi connectivity index (χ4n) is 1.35. The Balaban J connectivity index is 2.40. The molecule has 0 aromatic carbocycles. The van der Waals surface area contributed by atoms with Crippen LogP contribution in [0.4, 0.5) is 0 Å². The predicted molar refractivity (Wildman–Crippen MR) is 73.8 cm³/mol. The van der Waals surface area contributed by atoms with E-state index in [4.69, 9.17) is 0 Å². The van der Waals surface area contributed by atoms with Gasteiger partial charge in [-0.05, 0) is 5.92 Å². The first-order valence-corrected chi connectivity index (χ1v) is 7.17. The third kappa shape index (κ3) is 4.74. The Morgan fingerprint density at radius 3 is 2.61 bits per heavy atom. The summed E-state index contributed by atoms with van der Waals surface area (Å²) in [5, 5.41) is 15.3. The van der Waals surface area contributed by atoms with E-state index in [0.717, 1.165) is 10.7 Å². The average molecular weight is 270 g/mol. The van der Waals surface area contributed by atoms with Gasteiger partial charge in [0.1, 0.15) is 0 Å². The Morgan fingerprint density at radius 1 is 1.44 bits per heavy atom. The third-order valence-corrected chi connectivity index (χ3v) is 3.88. The summed E-state index contributed by atoms with van der Waals surface area (Å²) in [4.78, 5) is 16.1.